The lowest BCUT2D eigenvalue weighted by Crippen LogP contribution is -2.24. The lowest BCUT2D eigenvalue weighted by Gasteiger charge is -2.17. The van der Waals surface area contributed by atoms with Gasteiger partial charge in [0.25, 0.3) is 0 Å². The molecule has 0 aromatic heterocycles. The van der Waals surface area contributed by atoms with E-state index in [0.29, 0.717) is 5.56 Å². The summed E-state index contributed by atoms with van der Waals surface area (Å²) in [5.41, 5.74) is 1.38. The van der Waals surface area contributed by atoms with Gasteiger partial charge in [-0.25, -0.2) is 4.39 Å². The van der Waals surface area contributed by atoms with Crippen LogP contribution in [0.2, 0.25) is 0 Å². The van der Waals surface area contributed by atoms with Gasteiger partial charge >= 0.3 is 0 Å². The van der Waals surface area contributed by atoms with Crippen molar-refractivity contribution in [2.75, 3.05) is 6.61 Å². The average molecular weight is 270 g/mol. The second kappa shape index (κ2) is 6.80. The van der Waals surface area contributed by atoms with Crippen LogP contribution in [0.3, 0.4) is 0 Å². The van der Waals surface area contributed by atoms with Crippen molar-refractivity contribution in [1.82, 2.24) is 5.32 Å². The molecule has 0 fully saturated rings. The zero-order valence-electron chi connectivity index (χ0n) is 10.9. The van der Waals surface area contributed by atoms with Crippen molar-refractivity contribution < 1.29 is 9.50 Å². The molecule has 1 atom stereocenters. The molecular formula is C16H15FN2O. The molecule has 0 spiro atoms. The molecule has 4 heteroatoms. The number of nitrogens with zero attached hydrogens (tertiary/aromatic N) is 1. The summed E-state index contributed by atoms with van der Waals surface area (Å²) in [6.45, 7) is 0.172. The normalized spacial score (nSPS) is 11.8. The van der Waals surface area contributed by atoms with Crippen LogP contribution in [0.4, 0.5) is 4.39 Å². The van der Waals surface area contributed by atoms with Crippen LogP contribution in [-0.2, 0) is 6.54 Å². The Morgan fingerprint density at radius 1 is 1.15 bits per heavy atom. The molecule has 1 unspecified atom stereocenters. The molecule has 0 saturated heterocycles. The van der Waals surface area contributed by atoms with Gasteiger partial charge in [-0.1, -0.05) is 42.5 Å². The zero-order valence-corrected chi connectivity index (χ0v) is 10.9. The molecule has 0 aliphatic heterocycles. The molecule has 0 saturated carbocycles. The number of nitrogens with one attached hydrogen (secondary N) is 1. The maximum atomic E-state index is 13.9. The molecule has 0 heterocycles. The quantitative estimate of drug-likeness (QED) is 0.877. The highest BCUT2D eigenvalue weighted by atomic mass is 19.1. The van der Waals surface area contributed by atoms with Gasteiger partial charge in [-0.3, -0.25) is 0 Å². The van der Waals surface area contributed by atoms with E-state index in [0.717, 1.165) is 5.56 Å². The van der Waals surface area contributed by atoms with Crippen LogP contribution in [0.1, 0.15) is 22.7 Å². The largest absolute Gasteiger partial charge is 0.394 e. The Morgan fingerprint density at radius 2 is 1.90 bits per heavy atom. The minimum Gasteiger partial charge on any atom is -0.394 e. The Kier molecular flexibility index (Phi) is 4.83. The molecule has 0 aliphatic rings. The van der Waals surface area contributed by atoms with E-state index >= 15 is 0 Å². The molecule has 0 radical (unpaired) electrons. The lowest BCUT2D eigenvalue weighted by molar-refractivity contribution is 0.243. The van der Waals surface area contributed by atoms with Gasteiger partial charge in [0.2, 0.25) is 0 Å². The highest BCUT2D eigenvalue weighted by Gasteiger charge is 2.12. The lowest BCUT2D eigenvalue weighted by atomic mass is 10.1. The summed E-state index contributed by atoms with van der Waals surface area (Å²) < 4.78 is 13.9. The molecule has 2 aromatic carbocycles. The molecular weight excluding hydrogens is 255 g/mol. The Balaban J connectivity index is 2.10. The van der Waals surface area contributed by atoms with Crippen molar-refractivity contribution in [2.45, 2.75) is 12.6 Å². The summed E-state index contributed by atoms with van der Waals surface area (Å²) in [6.07, 6.45) is 0. The number of halogens is 1. The van der Waals surface area contributed by atoms with E-state index in [4.69, 9.17) is 5.26 Å². The molecule has 20 heavy (non-hydrogen) atoms. The van der Waals surface area contributed by atoms with Crippen molar-refractivity contribution in [2.24, 2.45) is 0 Å². The standard InChI is InChI=1S/C16H15FN2O/c17-16-13(9-18)7-4-8-14(16)10-19-15(11-20)12-5-2-1-3-6-12/h1-8,15,19-20H,10-11H2. The van der Waals surface area contributed by atoms with Crippen LogP contribution in [0.25, 0.3) is 0 Å². The fourth-order valence-corrected chi connectivity index (χ4v) is 2.01. The first kappa shape index (κ1) is 14.2. The summed E-state index contributed by atoms with van der Waals surface area (Å²) in [6, 6.07) is 15.7. The molecule has 0 aliphatic carbocycles. The van der Waals surface area contributed by atoms with Crippen LogP contribution in [0.5, 0.6) is 0 Å². The predicted octanol–water partition coefficient (Wildman–Crippen LogP) is 2.52. The van der Waals surface area contributed by atoms with Gasteiger partial charge in [0.1, 0.15) is 11.9 Å². The van der Waals surface area contributed by atoms with E-state index in [1.54, 1.807) is 12.1 Å². The van der Waals surface area contributed by atoms with Crippen molar-refractivity contribution in [3.05, 3.63) is 71.0 Å². The molecule has 3 nitrogen and oxygen atoms in total. The summed E-state index contributed by atoms with van der Waals surface area (Å²) in [5, 5.41) is 21.3. The molecule has 102 valence electrons. The van der Waals surface area contributed by atoms with Gasteiger partial charge in [0.05, 0.1) is 18.2 Å². The Hall–Kier alpha value is -2.22. The van der Waals surface area contributed by atoms with Gasteiger partial charge in [-0.2, -0.15) is 5.26 Å². The van der Waals surface area contributed by atoms with Crippen molar-refractivity contribution >= 4 is 0 Å². The zero-order chi connectivity index (χ0) is 14.4. The van der Waals surface area contributed by atoms with Crippen molar-refractivity contribution in [3.63, 3.8) is 0 Å². The minimum absolute atomic E-state index is 0.0320. The van der Waals surface area contributed by atoms with Gasteiger partial charge in [-0.15, -0.1) is 0 Å². The SMILES string of the molecule is N#Cc1cccc(CNC(CO)c2ccccc2)c1F. The van der Waals surface area contributed by atoms with E-state index in [1.165, 1.54) is 6.07 Å². The van der Waals surface area contributed by atoms with E-state index in [1.807, 2.05) is 36.4 Å². The third kappa shape index (κ3) is 3.21. The first-order chi connectivity index (χ1) is 9.76. The number of hydrogen-bond donors (Lipinski definition) is 2. The molecule has 0 amide bonds. The van der Waals surface area contributed by atoms with Crippen molar-refractivity contribution in [1.29, 1.82) is 5.26 Å². The summed E-state index contributed by atoms with van der Waals surface area (Å²) in [7, 11) is 0. The first-order valence-corrected chi connectivity index (χ1v) is 6.33. The number of aliphatic hydroxyl groups excluding tert-OH is 1. The second-order valence-corrected chi connectivity index (χ2v) is 4.42. The van der Waals surface area contributed by atoms with Gasteiger partial charge in [0.15, 0.2) is 0 Å². The summed E-state index contributed by atoms with van der Waals surface area (Å²) in [4.78, 5) is 0. The highest BCUT2D eigenvalue weighted by molar-refractivity contribution is 5.35. The maximum Gasteiger partial charge on any atom is 0.145 e. The second-order valence-electron chi connectivity index (χ2n) is 4.42. The van der Waals surface area contributed by atoms with Crippen LogP contribution < -0.4 is 5.32 Å². The number of rotatable bonds is 5. The maximum absolute atomic E-state index is 13.9. The molecule has 2 N–H and O–H groups in total. The summed E-state index contributed by atoms with van der Waals surface area (Å²) >= 11 is 0. The van der Waals surface area contributed by atoms with Crippen LogP contribution >= 0.6 is 0 Å². The van der Waals surface area contributed by atoms with Crippen LogP contribution in [0.15, 0.2) is 48.5 Å². The number of hydrogen-bond acceptors (Lipinski definition) is 3. The van der Waals surface area contributed by atoms with Crippen LogP contribution in [0, 0.1) is 17.1 Å². The number of nitriles is 1. The van der Waals surface area contributed by atoms with E-state index in [2.05, 4.69) is 5.32 Å². The smallest absolute Gasteiger partial charge is 0.145 e. The minimum atomic E-state index is -0.507. The third-order valence-electron chi connectivity index (χ3n) is 3.12. The fraction of sp³-hybridized carbons (Fsp3) is 0.188. The molecule has 2 rings (SSSR count). The van der Waals surface area contributed by atoms with E-state index in [9.17, 15) is 9.50 Å². The highest BCUT2D eigenvalue weighted by Crippen LogP contribution is 2.15. The van der Waals surface area contributed by atoms with Gasteiger partial charge in [-0.05, 0) is 11.6 Å². The Morgan fingerprint density at radius 3 is 2.55 bits per heavy atom. The van der Waals surface area contributed by atoms with E-state index in [-0.39, 0.29) is 24.8 Å². The first-order valence-electron chi connectivity index (χ1n) is 6.33. The summed E-state index contributed by atoms with van der Waals surface area (Å²) in [5.74, 6) is -0.507. The number of benzene rings is 2. The van der Waals surface area contributed by atoms with Gasteiger partial charge in [0, 0.05) is 12.1 Å². The fourth-order valence-electron chi connectivity index (χ4n) is 2.01. The number of aliphatic hydroxyl groups is 1. The molecule has 0 bridgehead atoms. The Bertz CT molecular complexity index is 608. The van der Waals surface area contributed by atoms with E-state index < -0.39 is 5.82 Å². The van der Waals surface area contributed by atoms with Gasteiger partial charge < -0.3 is 10.4 Å². The predicted molar refractivity (Wildman–Crippen MR) is 74.2 cm³/mol. The van der Waals surface area contributed by atoms with Crippen molar-refractivity contribution in [3.8, 4) is 6.07 Å². The topological polar surface area (TPSA) is 56.0 Å². The van der Waals surface area contributed by atoms with Crippen LogP contribution in [-0.4, -0.2) is 11.7 Å². The molecule has 2 aromatic rings. The monoisotopic (exact) mass is 270 g/mol. The third-order valence-corrected chi connectivity index (χ3v) is 3.12. The average Bonchev–Trinajstić information content (AvgIpc) is 2.50. The Labute approximate surface area is 117 Å².